The number of thioether (sulfide) groups is 1. The van der Waals surface area contributed by atoms with Gasteiger partial charge in [-0.25, -0.2) is 4.98 Å². The molecule has 17 heavy (non-hydrogen) atoms. The van der Waals surface area contributed by atoms with E-state index in [4.69, 9.17) is 27.2 Å². The van der Waals surface area contributed by atoms with Gasteiger partial charge in [0.1, 0.15) is 6.26 Å². The molecule has 88 valence electrons. The van der Waals surface area contributed by atoms with Crippen LogP contribution in [-0.4, -0.2) is 10.2 Å². The summed E-state index contributed by atoms with van der Waals surface area (Å²) in [6, 6.07) is 7.29. The Kier molecular flexibility index (Phi) is 3.71. The Bertz CT molecular complexity index is 541. The van der Waals surface area contributed by atoms with Crippen LogP contribution in [0.25, 0.3) is 11.5 Å². The van der Waals surface area contributed by atoms with Crippen molar-refractivity contribution < 1.29 is 4.42 Å². The van der Waals surface area contributed by atoms with E-state index in [2.05, 4.69) is 4.98 Å². The molecule has 2 rings (SSSR count). The van der Waals surface area contributed by atoms with Crippen LogP contribution >= 0.6 is 23.4 Å². The van der Waals surface area contributed by atoms with Crippen molar-refractivity contribution >= 4 is 28.5 Å². The summed E-state index contributed by atoms with van der Waals surface area (Å²) in [5, 5.41) is 7.81. The van der Waals surface area contributed by atoms with Crippen molar-refractivity contribution in [2.45, 2.75) is 5.75 Å². The maximum absolute atomic E-state index is 7.11. The lowest BCUT2D eigenvalue weighted by atomic mass is 10.2. The standard InChI is InChI=1S/C11H10ClN3OS/c12-8-3-1-2-7(4-8)10-15-9(5-16-10)6-17-11(13)14/h1-5H,6H2,(H3,13,14). The molecule has 2 aromatic rings. The predicted molar refractivity (Wildman–Crippen MR) is 70.2 cm³/mol. The smallest absolute Gasteiger partial charge is 0.226 e. The molecule has 0 fully saturated rings. The van der Waals surface area contributed by atoms with Crippen LogP contribution < -0.4 is 5.73 Å². The van der Waals surface area contributed by atoms with Gasteiger partial charge in [0, 0.05) is 16.3 Å². The van der Waals surface area contributed by atoms with Crippen LogP contribution in [0, 0.1) is 5.41 Å². The molecule has 1 heterocycles. The van der Waals surface area contributed by atoms with Gasteiger partial charge in [0.05, 0.1) is 5.69 Å². The predicted octanol–water partition coefficient (Wildman–Crippen LogP) is 3.12. The molecule has 6 heteroatoms. The third-order valence-electron chi connectivity index (χ3n) is 2.00. The number of aromatic nitrogens is 1. The second kappa shape index (κ2) is 5.25. The summed E-state index contributed by atoms with van der Waals surface area (Å²) in [7, 11) is 0. The van der Waals surface area contributed by atoms with Crippen molar-refractivity contribution in [2.24, 2.45) is 5.73 Å². The van der Waals surface area contributed by atoms with Crippen LogP contribution in [0.2, 0.25) is 5.02 Å². The van der Waals surface area contributed by atoms with Gasteiger partial charge in [-0.15, -0.1) is 0 Å². The molecule has 0 aliphatic heterocycles. The van der Waals surface area contributed by atoms with E-state index in [-0.39, 0.29) is 5.17 Å². The van der Waals surface area contributed by atoms with Crippen LogP contribution in [0.15, 0.2) is 34.9 Å². The monoisotopic (exact) mass is 267 g/mol. The highest BCUT2D eigenvalue weighted by Gasteiger charge is 2.07. The summed E-state index contributed by atoms with van der Waals surface area (Å²) in [6.45, 7) is 0. The number of halogens is 1. The van der Waals surface area contributed by atoms with Gasteiger partial charge in [0.2, 0.25) is 5.89 Å². The van der Waals surface area contributed by atoms with E-state index in [9.17, 15) is 0 Å². The van der Waals surface area contributed by atoms with E-state index < -0.39 is 0 Å². The third kappa shape index (κ3) is 3.25. The average molecular weight is 268 g/mol. The first-order valence-corrected chi connectivity index (χ1v) is 6.18. The van der Waals surface area contributed by atoms with Crippen molar-refractivity contribution in [3.63, 3.8) is 0 Å². The fourth-order valence-corrected chi connectivity index (χ4v) is 1.91. The first kappa shape index (κ1) is 12.0. The molecule has 0 aliphatic carbocycles. The zero-order chi connectivity index (χ0) is 12.3. The van der Waals surface area contributed by atoms with Crippen LogP contribution in [0.4, 0.5) is 0 Å². The minimum Gasteiger partial charge on any atom is -0.444 e. The number of benzene rings is 1. The molecule has 0 saturated heterocycles. The van der Waals surface area contributed by atoms with Crippen LogP contribution in [0.3, 0.4) is 0 Å². The lowest BCUT2D eigenvalue weighted by molar-refractivity contribution is 0.573. The first-order chi connectivity index (χ1) is 8.15. The van der Waals surface area contributed by atoms with Gasteiger partial charge >= 0.3 is 0 Å². The highest BCUT2D eigenvalue weighted by atomic mass is 35.5. The van der Waals surface area contributed by atoms with Crippen molar-refractivity contribution in [2.75, 3.05) is 0 Å². The Morgan fingerprint density at radius 2 is 2.35 bits per heavy atom. The average Bonchev–Trinajstić information content (AvgIpc) is 2.75. The van der Waals surface area contributed by atoms with Crippen molar-refractivity contribution in [3.05, 3.63) is 41.2 Å². The third-order valence-corrected chi connectivity index (χ3v) is 2.99. The Morgan fingerprint density at radius 1 is 1.53 bits per heavy atom. The maximum atomic E-state index is 7.11. The Balaban J connectivity index is 2.15. The largest absolute Gasteiger partial charge is 0.444 e. The molecular weight excluding hydrogens is 258 g/mol. The van der Waals surface area contributed by atoms with Crippen molar-refractivity contribution in [3.8, 4) is 11.5 Å². The molecule has 1 aromatic heterocycles. The molecule has 0 unspecified atom stereocenters. The highest BCUT2D eigenvalue weighted by molar-refractivity contribution is 8.13. The Morgan fingerprint density at radius 3 is 3.06 bits per heavy atom. The number of nitrogens with one attached hydrogen (secondary N) is 1. The molecule has 0 spiro atoms. The zero-order valence-electron chi connectivity index (χ0n) is 8.81. The van der Waals surface area contributed by atoms with Gasteiger partial charge < -0.3 is 10.2 Å². The molecule has 0 amide bonds. The Hall–Kier alpha value is -1.46. The fourth-order valence-electron chi connectivity index (χ4n) is 1.28. The molecule has 4 nitrogen and oxygen atoms in total. The van der Waals surface area contributed by atoms with Gasteiger partial charge in [-0.1, -0.05) is 29.4 Å². The van der Waals surface area contributed by atoms with Crippen LogP contribution in [0.5, 0.6) is 0 Å². The molecule has 0 radical (unpaired) electrons. The normalized spacial score (nSPS) is 10.4. The molecular formula is C11H10ClN3OS. The summed E-state index contributed by atoms with van der Waals surface area (Å²) in [5.41, 5.74) is 6.83. The second-order valence-electron chi connectivity index (χ2n) is 3.31. The second-order valence-corrected chi connectivity index (χ2v) is 4.76. The van der Waals surface area contributed by atoms with Gasteiger partial charge in [0.25, 0.3) is 0 Å². The summed E-state index contributed by atoms with van der Waals surface area (Å²) < 4.78 is 5.34. The topological polar surface area (TPSA) is 75.9 Å². The number of hydrogen-bond acceptors (Lipinski definition) is 4. The molecule has 0 bridgehead atoms. The van der Waals surface area contributed by atoms with E-state index >= 15 is 0 Å². The number of hydrogen-bond donors (Lipinski definition) is 2. The summed E-state index contributed by atoms with van der Waals surface area (Å²) >= 11 is 7.09. The molecule has 0 atom stereocenters. The van der Waals surface area contributed by atoms with Gasteiger partial charge in [-0.3, -0.25) is 5.41 Å². The van der Waals surface area contributed by atoms with Crippen LogP contribution in [-0.2, 0) is 5.75 Å². The summed E-state index contributed by atoms with van der Waals surface area (Å²) in [4.78, 5) is 4.30. The molecule has 3 N–H and O–H groups in total. The SMILES string of the molecule is N=C(N)SCc1coc(-c2cccc(Cl)c2)n1. The fraction of sp³-hybridized carbons (Fsp3) is 0.0909. The first-order valence-electron chi connectivity index (χ1n) is 4.82. The van der Waals surface area contributed by atoms with Crippen molar-refractivity contribution in [1.29, 1.82) is 5.41 Å². The zero-order valence-corrected chi connectivity index (χ0v) is 10.4. The number of nitrogens with zero attached hydrogens (tertiary/aromatic N) is 1. The van der Waals surface area contributed by atoms with Gasteiger partial charge in [-0.05, 0) is 18.2 Å². The molecule has 0 saturated carbocycles. The van der Waals surface area contributed by atoms with Gasteiger partial charge in [0.15, 0.2) is 5.17 Å². The lowest BCUT2D eigenvalue weighted by Gasteiger charge is -1.95. The van der Waals surface area contributed by atoms with Crippen molar-refractivity contribution in [1.82, 2.24) is 4.98 Å². The van der Waals surface area contributed by atoms with E-state index in [1.54, 1.807) is 18.4 Å². The summed E-state index contributed by atoms with van der Waals surface area (Å²) in [5.74, 6) is 1.05. The number of oxazole rings is 1. The van der Waals surface area contributed by atoms with Crippen LogP contribution in [0.1, 0.15) is 5.69 Å². The Labute approximate surface area is 108 Å². The van der Waals surface area contributed by atoms with Gasteiger partial charge in [-0.2, -0.15) is 0 Å². The lowest BCUT2D eigenvalue weighted by Crippen LogP contribution is -2.03. The molecule has 0 aliphatic rings. The summed E-state index contributed by atoms with van der Waals surface area (Å²) in [6.07, 6.45) is 1.56. The maximum Gasteiger partial charge on any atom is 0.226 e. The van der Waals surface area contributed by atoms with E-state index in [1.165, 1.54) is 11.8 Å². The number of amidine groups is 1. The van der Waals surface area contributed by atoms with E-state index in [0.717, 1.165) is 11.3 Å². The molecule has 1 aromatic carbocycles. The quantitative estimate of drug-likeness (QED) is 0.662. The van der Waals surface area contributed by atoms with E-state index in [0.29, 0.717) is 16.7 Å². The van der Waals surface area contributed by atoms with E-state index in [1.807, 2.05) is 12.1 Å². The highest BCUT2D eigenvalue weighted by Crippen LogP contribution is 2.23. The minimum atomic E-state index is 0.0669. The minimum absolute atomic E-state index is 0.0669. The number of nitrogens with two attached hydrogens (primary N) is 1. The number of rotatable bonds is 3.